The quantitative estimate of drug-likeness (QED) is 0.462. The first-order chi connectivity index (χ1) is 15.2. The van der Waals surface area contributed by atoms with Crippen LogP contribution < -0.4 is 0 Å². The fraction of sp³-hybridized carbons (Fsp3) is 0.250. The van der Waals surface area contributed by atoms with Crippen LogP contribution in [0.25, 0.3) is 21.7 Å². The molecule has 4 aromatic rings. The maximum absolute atomic E-state index is 13.4. The number of thiophene rings is 1. The number of ketones is 1. The Labute approximate surface area is 183 Å². The van der Waals surface area contributed by atoms with Crippen molar-refractivity contribution in [3.8, 4) is 17.4 Å². The molecule has 6 nitrogen and oxygen atoms in total. The number of hydrogen-bond donors (Lipinski definition) is 1. The summed E-state index contributed by atoms with van der Waals surface area (Å²) >= 11 is 1.29. The van der Waals surface area contributed by atoms with Gasteiger partial charge in [0.2, 0.25) is 5.88 Å². The van der Waals surface area contributed by atoms with Crippen molar-refractivity contribution in [2.45, 2.75) is 25.4 Å². The van der Waals surface area contributed by atoms with Crippen LogP contribution in [0.4, 0.5) is 0 Å². The van der Waals surface area contributed by atoms with E-state index in [-0.39, 0.29) is 23.7 Å². The molecule has 7 heteroatoms. The Morgan fingerprint density at radius 1 is 1.13 bits per heavy atom. The van der Waals surface area contributed by atoms with Crippen LogP contribution in [0.15, 0.2) is 60.1 Å². The normalized spacial score (nSPS) is 18.8. The summed E-state index contributed by atoms with van der Waals surface area (Å²) in [6.45, 7) is 0.565. The molecule has 2 atom stereocenters. The lowest BCUT2D eigenvalue weighted by molar-refractivity contribution is -0.00456. The summed E-state index contributed by atoms with van der Waals surface area (Å²) in [6.07, 6.45) is 3.82. The van der Waals surface area contributed by atoms with Crippen LogP contribution in [0.5, 0.6) is 5.88 Å². The third-order valence-corrected chi connectivity index (χ3v) is 6.57. The zero-order chi connectivity index (χ0) is 21.2. The van der Waals surface area contributed by atoms with Gasteiger partial charge in [0.15, 0.2) is 11.6 Å². The Morgan fingerprint density at radius 3 is 2.77 bits per heavy atom. The van der Waals surface area contributed by atoms with Gasteiger partial charge in [0.05, 0.1) is 17.2 Å². The van der Waals surface area contributed by atoms with Crippen LogP contribution in [0.3, 0.4) is 0 Å². The number of aromatic nitrogens is 3. The van der Waals surface area contributed by atoms with Crippen molar-refractivity contribution in [3.63, 3.8) is 0 Å². The Hall–Kier alpha value is -3.16. The molecule has 2 unspecified atom stereocenters. The molecule has 1 aliphatic rings. The summed E-state index contributed by atoms with van der Waals surface area (Å²) in [5.41, 5.74) is 2.80. The smallest absolute Gasteiger partial charge is 0.233 e. The van der Waals surface area contributed by atoms with Gasteiger partial charge in [-0.25, -0.2) is 4.98 Å². The van der Waals surface area contributed by atoms with E-state index in [1.165, 1.54) is 16.9 Å². The molecule has 1 aliphatic heterocycles. The molecule has 4 heterocycles. The van der Waals surface area contributed by atoms with Crippen LogP contribution >= 0.6 is 11.3 Å². The van der Waals surface area contributed by atoms with E-state index in [0.717, 1.165) is 6.42 Å². The van der Waals surface area contributed by atoms with Crippen molar-refractivity contribution in [2.24, 2.45) is 5.92 Å². The maximum Gasteiger partial charge on any atom is 0.233 e. The van der Waals surface area contributed by atoms with Gasteiger partial charge in [-0.15, -0.1) is 11.3 Å². The van der Waals surface area contributed by atoms with Crippen molar-refractivity contribution < 1.29 is 14.6 Å². The van der Waals surface area contributed by atoms with Gasteiger partial charge < -0.3 is 9.84 Å². The lowest BCUT2D eigenvalue weighted by atomic mass is 9.87. The lowest BCUT2D eigenvalue weighted by Gasteiger charge is -2.28. The molecule has 5 rings (SSSR count). The van der Waals surface area contributed by atoms with E-state index in [2.05, 4.69) is 27.1 Å². The Bertz CT molecular complexity index is 1210. The highest BCUT2D eigenvalue weighted by Gasteiger charge is 2.31. The number of rotatable bonds is 5. The van der Waals surface area contributed by atoms with Crippen molar-refractivity contribution in [2.75, 3.05) is 6.61 Å². The number of ether oxygens (including phenoxy) is 1. The second-order valence-electron chi connectivity index (χ2n) is 7.68. The van der Waals surface area contributed by atoms with Crippen LogP contribution in [0.2, 0.25) is 0 Å². The molecule has 1 N–H and O–H groups in total. The molecule has 31 heavy (non-hydrogen) atoms. The number of hydrogen-bond acceptors (Lipinski definition) is 7. The second kappa shape index (κ2) is 8.53. The molecule has 1 saturated heterocycles. The zero-order valence-electron chi connectivity index (χ0n) is 16.8. The van der Waals surface area contributed by atoms with Crippen molar-refractivity contribution in [3.05, 3.63) is 71.2 Å². The number of carbonyl (C=O) groups excluding carboxylic acids is 1. The Balaban J connectivity index is 1.42. The largest absolute Gasteiger partial charge is 0.492 e. The highest BCUT2D eigenvalue weighted by Crippen LogP contribution is 2.35. The standard InChI is InChI=1S/C24H21N3O3S/c28-21(16-9-11-30-17(13-16)12-15-6-2-1-3-7-15)18-14-31-22-20(18)26-23(27-24(22)29)19-8-4-5-10-25-19/h1-8,10,14,16-17H,9,11-13H2,(H,26,27,29). The molecule has 3 aromatic heterocycles. The lowest BCUT2D eigenvalue weighted by Crippen LogP contribution is -2.31. The monoisotopic (exact) mass is 431 g/mol. The number of Topliss-reactive ketones (excluding diaryl/α,β-unsaturated/α-hetero) is 1. The van der Waals surface area contributed by atoms with Gasteiger partial charge in [-0.3, -0.25) is 9.78 Å². The third-order valence-electron chi connectivity index (χ3n) is 5.60. The molecular weight excluding hydrogens is 410 g/mol. The van der Waals surface area contributed by atoms with E-state index in [4.69, 9.17) is 4.74 Å². The average Bonchev–Trinajstić information content (AvgIpc) is 3.25. The van der Waals surface area contributed by atoms with E-state index >= 15 is 0 Å². The molecule has 0 radical (unpaired) electrons. The summed E-state index contributed by atoms with van der Waals surface area (Å²) in [6, 6.07) is 15.6. The maximum atomic E-state index is 13.4. The number of nitrogens with zero attached hydrogens (tertiary/aromatic N) is 3. The highest BCUT2D eigenvalue weighted by atomic mass is 32.1. The van der Waals surface area contributed by atoms with Gasteiger partial charge in [-0.1, -0.05) is 36.4 Å². The van der Waals surface area contributed by atoms with Gasteiger partial charge in [0.1, 0.15) is 10.4 Å². The summed E-state index contributed by atoms with van der Waals surface area (Å²) in [7, 11) is 0. The van der Waals surface area contributed by atoms with Gasteiger partial charge in [0.25, 0.3) is 0 Å². The second-order valence-corrected chi connectivity index (χ2v) is 8.56. The predicted octanol–water partition coefficient (Wildman–Crippen LogP) is 4.68. The van der Waals surface area contributed by atoms with E-state index < -0.39 is 0 Å². The number of carbonyl (C=O) groups is 1. The predicted molar refractivity (Wildman–Crippen MR) is 119 cm³/mol. The number of fused-ring (bicyclic) bond motifs is 1. The fourth-order valence-electron chi connectivity index (χ4n) is 4.05. The van der Waals surface area contributed by atoms with Gasteiger partial charge >= 0.3 is 0 Å². The molecule has 156 valence electrons. The summed E-state index contributed by atoms with van der Waals surface area (Å²) < 4.78 is 6.46. The Morgan fingerprint density at radius 2 is 1.97 bits per heavy atom. The molecule has 0 saturated carbocycles. The van der Waals surface area contributed by atoms with Crippen LogP contribution in [0, 0.1) is 5.92 Å². The first-order valence-electron chi connectivity index (χ1n) is 10.3. The first kappa shape index (κ1) is 19.8. The number of benzene rings is 1. The van der Waals surface area contributed by atoms with E-state index in [9.17, 15) is 9.90 Å². The molecule has 0 spiro atoms. The Kier molecular flexibility index (Phi) is 5.44. The van der Waals surface area contributed by atoms with E-state index in [0.29, 0.717) is 46.7 Å². The van der Waals surface area contributed by atoms with Gasteiger partial charge in [-0.05, 0) is 37.0 Å². The van der Waals surface area contributed by atoms with Crippen molar-refractivity contribution in [1.82, 2.24) is 15.0 Å². The van der Waals surface area contributed by atoms with E-state index in [1.54, 1.807) is 23.7 Å². The van der Waals surface area contributed by atoms with Crippen molar-refractivity contribution >= 4 is 27.3 Å². The third kappa shape index (κ3) is 4.06. The minimum absolute atomic E-state index is 0.0158. The molecule has 1 fully saturated rings. The summed E-state index contributed by atoms with van der Waals surface area (Å²) in [4.78, 5) is 26.5. The molecule has 0 bridgehead atoms. The molecule has 1 aromatic carbocycles. The minimum atomic E-state index is -0.129. The molecule has 0 amide bonds. The van der Waals surface area contributed by atoms with Crippen LogP contribution in [0.1, 0.15) is 28.8 Å². The SMILES string of the molecule is O=C(c1csc2c(O)nc(-c3ccccn3)nc12)C1CCOC(Cc2ccccc2)C1. The summed E-state index contributed by atoms with van der Waals surface area (Å²) in [5.74, 6) is 0.115. The number of pyridine rings is 1. The van der Waals surface area contributed by atoms with Crippen LogP contribution in [-0.2, 0) is 11.2 Å². The molecular formula is C24H21N3O3S. The summed E-state index contributed by atoms with van der Waals surface area (Å²) in [5, 5.41) is 12.2. The number of aromatic hydroxyl groups is 1. The fourth-order valence-corrected chi connectivity index (χ4v) is 4.93. The van der Waals surface area contributed by atoms with E-state index in [1.807, 2.05) is 24.3 Å². The van der Waals surface area contributed by atoms with Gasteiger partial charge in [0, 0.05) is 24.1 Å². The zero-order valence-corrected chi connectivity index (χ0v) is 17.6. The highest BCUT2D eigenvalue weighted by molar-refractivity contribution is 7.17. The average molecular weight is 432 g/mol. The topological polar surface area (TPSA) is 85.2 Å². The van der Waals surface area contributed by atoms with Crippen molar-refractivity contribution in [1.29, 1.82) is 0 Å². The van der Waals surface area contributed by atoms with Crippen LogP contribution in [-0.4, -0.2) is 38.6 Å². The minimum Gasteiger partial charge on any atom is -0.492 e. The first-order valence-corrected chi connectivity index (χ1v) is 11.2. The van der Waals surface area contributed by atoms with Gasteiger partial charge in [-0.2, -0.15) is 4.98 Å². The molecule has 0 aliphatic carbocycles.